The van der Waals surface area contributed by atoms with Crippen molar-refractivity contribution >= 4 is 20.9 Å². The molecule has 12 heteroatoms. The van der Waals surface area contributed by atoms with Crippen molar-refractivity contribution in [2.24, 2.45) is 7.05 Å². The number of hydrogen-bond acceptors (Lipinski definition) is 4. The van der Waals surface area contributed by atoms with Gasteiger partial charge in [-0.15, -0.1) is 0 Å². The monoisotopic (exact) mass is 499 g/mol. The lowest BCUT2D eigenvalue weighted by Crippen LogP contribution is -2.18. The van der Waals surface area contributed by atoms with E-state index in [1.165, 1.54) is 43.6 Å². The van der Waals surface area contributed by atoms with Crippen molar-refractivity contribution in [2.75, 3.05) is 0 Å². The lowest BCUT2D eigenvalue weighted by Gasteiger charge is -2.13. The Morgan fingerprint density at radius 2 is 1.32 bits per heavy atom. The fourth-order valence-electron chi connectivity index (χ4n) is 3.28. The van der Waals surface area contributed by atoms with Crippen molar-refractivity contribution in [1.82, 2.24) is 4.57 Å². The van der Waals surface area contributed by atoms with Crippen LogP contribution in [0.1, 0.15) is 0 Å². The van der Waals surface area contributed by atoms with E-state index in [2.05, 4.69) is 4.18 Å². The van der Waals surface area contributed by atoms with Gasteiger partial charge in [-0.05, 0) is 35.2 Å². The summed E-state index contributed by atoms with van der Waals surface area (Å²) >= 11 is 0. The average molecular weight is 499 g/mol. The van der Waals surface area contributed by atoms with E-state index in [1.807, 2.05) is 0 Å². The van der Waals surface area contributed by atoms with Crippen LogP contribution >= 0.6 is 0 Å². The molecule has 0 bridgehead atoms. The number of hydrogen-bond donors (Lipinski definition) is 0. The molecule has 0 aliphatic heterocycles. The van der Waals surface area contributed by atoms with Crippen LogP contribution in [0, 0.1) is 34.9 Å². The number of rotatable bonds is 4. The summed E-state index contributed by atoms with van der Waals surface area (Å²) in [5, 5.41) is 0.0938. The Balaban J connectivity index is 1.87. The Hall–Kier alpha value is -3.80. The van der Waals surface area contributed by atoms with Gasteiger partial charge in [0.05, 0.1) is 0 Å². The number of benzene rings is 3. The SMILES string of the molecule is Cn1cc(-c2ccc(F)cc2)c2ccc(S(=O)(=O)Oc3c(F)c(F)c(F)c(F)c3F)cc2c1=O. The molecule has 1 heterocycles. The van der Waals surface area contributed by atoms with E-state index in [9.17, 15) is 39.6 Å². The standard InChI is InChI=1S/C22H11F6NO4S/c1-29-9-15(10-2-4-11(23)5-3-10)13-7-6-12(8-14(13)22(29)30)34(31,32)33-21-19(27)17(25)16(24)18(26)20(21)28/h2-9H,1H3. The molecule has 5 nitrogen and oxygen atoms in total. The molecule has 3 aromatic carbocycles. The van der Waals surface area contributed by atoms with E-state index >= 15 is 0 Å². The van der Waals surface area contributed by atoms with Gasteiger partial charge in [0.1, 0.15) is 10.7 Å². The molecule has 4 rings (SSSR count). The highest BCUT2D eigenvalue weighted by Gasteiger charge is 2.31. The Morgan fingerprint density at radius 1 is 0.765 bits per heavy atom. The normalized spacial score (nSPS) is 11.7. The van der Waals surface area contributed by atoms with E-state index in [0.29, 0.717) is 11.1 Å². The fraction of sp³-hybridized carbons (Fsp3) is 0.0455. The summed E-state index contributed by atoms with van der Waals surface area (Å²) in [6, 6.07) is 8.20. The zero-order chi connectivity index (χ0) is 24.9. The van der Waals surface area contributed by atoms with Crippen molar-refractivity contribution in [3.8, 4) is 16.9 Å². The van der Waals surface area contributed by atoms with Gasteiger partial charge < -0.3 is 8.75 Å². The van der Waals surface area contributed by atoms with Gasteiger partial charge in [-0.3, -0.25) is 4.79 Å². The van der Waals surface area contributed by atoms with Crippen LogP contribution in [-0.4, -0.2) is 13.0 Å². The first-order valence-corrected chi connectivity index (χ1v) is 10.7. The highest BCUT2D eigenvalue weighted by atomic mass is 32.2. The first-order valence-electron chi connectivity index (χ1n) is 9.27. The summed E-state index contributed by atoms with van der Waals surface area (Å²) in [6.07, 6.45) is 1.44. The number of aryl methyl sites for hydroxylation is 1. The second-order valence-electron chi connectivity index (χ2n) is 7.11. The van der Waals surface area contributed by atoms with Crippen molar-refractivity contribution in [2.45, 2.75) is 4.90 Å². The maximum Gasteiger partial charge on any atom is 0.339 e. The molecular formula is C22H11F6NO4S. The zero-order valence-electron chi connectivity index (χ0n) is 16.9. The van der Waals surface area contributed by atoms with Crippen molar-refractivity contribution in [1.29, 1.82) is 0 Å². The summed E-state index contributed by atoms with van der Waals surface area (Å²) in [6.45, 7) is 0. The van der Waals surface area contributed by atoms with Crippen LogP contribution in [-0.2, 0) is 17.2 Å². The lowest BCUT2D eigenvalue weighted by molar-refractivity contribution is 0.346. The van der Waals surface area contributed by atoms with Gasteiger partial charge in [-0.1, -0.05) is 18.2 Å². The molecule has 0 aliphatic rings. The summed E-state index contributed by atoms with van der Waals surface area (Å²) in [7, 11) is -3.77. The largest absolute Gasteiger partial charge is 0.372 e. The van der Waals surface area contributed by atoms with Crippen LogP contribution in [0.3, 0.4) is 0 Å². The maximum absolute atomic E-state index is 13.9. The van der Waals surface area contributed by atoms with Gasteiger partial charge in [0.2, 0.25) is 34.8 Å². The molecule has 0 spiro atoms. The molecule has 0 fully saturated rings. The van der Waals surface area contributed by atoms with Crippen molar-refractivity contribution in [3.05, 3.63) is 93.9 Å². The van der Waals surface area contributed by atoms with E-state index in [4.69, 9.17) is 0 Å². The predicted molar refractivity (Wildman–Crippen MR) is 109 cm³/mol. The summed E-state index contributed by atoms with van der Waals surface area (Å²) in [5.41, 5.74) is 0.270. The maximum atomic E-state index is 13.9. The topological polar surface area (TPSA) is 65.4 Å². The summed E-state index contributed by atoms with van der Waals surface area (Å²) in [5.74, 6) is -14.7. The van der Waals surface area contributed by atoms with Crippen LogP contribution in [0.15, 0.2) is 58.4 Å². The third-order valence-corrected chi connectivity index (χ3v) is 6.18. The Morgan fingerprint density at radius 3 is 1.91 bits per heavy atom. The Bertz CT molecular complexity index is 1600. The lowest BCUT2D eigenvalue weighted by atomic mass is 10.0. The minimum absolute atomic E-state index is 0.161. The first kappa shape index (κ1) is 23.4. The van der Waals surface area contributed by atoms with Gasteiger partial charge in [0, 0.05) is 24.2 Å². The average Bonchev–Trinajstić information content (AvgIpc) is 2.82. The molecule has 0 amide bonds. The molecule has 34 heavy (non-hydrogen) atoms. The van der Waals surface area contributed by atoms with Crippen LogP contribution < -0.4 is 9.74 Å². The Labute approximate surface area is 187 Å². The van der Waals surface area contributed by atoms with E-state index < -0.39 is 61.2 Å². The molecule has 4 aromatic rings. The molecule has 0 aliphatic carbocycles. The molecule has 0 saturated heterocycles. The molecule has 0 saturated carbocycles. The number of nitrogens with zero attached hydrogens (tertiary/aromatic N) is 1. The molecule has 0 atom stereocenters. The number of fused-ring (bicyclic) bond motifs is 1. The second kappa shape index (κ2) is 8.20. The van der Waals surface area contributed by atoms with E-state index in [0.717, 1.165) is 16.7 Å². The first-order chi connectivity index (χ1) is 15.9. The molecule has 0 unspecified atom stereocenters. The third kappa shape index (κ3) is 3.79. The molecular weight excluding hydrogens is 488 g/mol. The Kier molecular flexibility index (Phi) is 5.64. The molecule has 1 aromatic heterocycles. The second-order valence-corrected chi connectivity index (χ2v) is 8.66. The fourth-order valence-corrected chi connectivity index (χ4v) is 4.24. The van der Waals surface area contributed by atoms with Gasteiger partial charge in [-0.25, -0.2) is 17.6 Å². The van der Waals surface area contributed by atoms with Gasteiger partial charge in [-0.2, -0.15) is 17.2 Å². The number of pyridine rings is 1. The van der Waals surface area contributed by atoms with Crippen LogP contribution in [0.5, 0.6) is 5.75 Å². The van der Waals surface area contributed by atoms with Crippen LogP contribution in [0.2, 0.25) is 0 Å². The molecule has 0 radical (unpaired) electrons. The minimum atomic E-state index is -5.14. The van der Waals surface area contributed by atoms with E-state index in [-0.39, 0.29) is 10.8 Å². The van der Waals surface area contributed by atoms with Crippen LogP contribution in [0.4, 0.5) is 26.3 Å². The quantitative estimate of drug-likeness (QED) is 0.175. The van der Waals surface area contributed by atoms with Gasteiger partial charge >= 0.3 is 10.1 Å². The predicted octanol–water partition coefficient (Wildman–Crippen LogP) is 4.81. The third-order valence-electron chi connectivity index (χ3n) is 4.96. The highest BCUT2D eigenvalue weighted by Crippen LogP contribution is 2.33. The van der Waals surface area contributed by atoms with Crippen LogP contribution in [0.25, 0.3) is 21.9 Å². The van der Waals surface area contributed by atoms with Crippen molar-refractivity contribution in [3.63, 3.8) is 0 Å². The number of halogens is 6. The minimum Gasteiger partial charge on any atom is -0.372 e. The van der Waals surface area contributed by atoms with Gasteiger partial charge in [0.15, 0.2) is 0 Å². The highest BCUT2D eigenvalue weighted by molar-refractivity contribution is 7.87. The van der Waals surface area contributed by atoms with Crippen molar-refractivity contribution < 1.29 is 38.9 Å². The zero-order valence-corrected chi connectivity index (χ0v) is 17.7. The summed E-state index contributed by atoms with van der Waals surface area (Å²) in [4.78, 5) is 11.9. The van der Waals surface area contributed by atoms with Gasteiger partial charge in [0.25, 0.3) is 5.56 Å². The van der Waals surface area contributed by atoms with E-state index in [1.54, 1.807) is 0 Å². The smallest absolute Gasteiger partial charge is 0.339 e. The summed E-state index contributed by atoms with van der Waals surface area (Å²) < 4.78 is 112. The number of aromatic nitrogens is 1. The molecule has 0 N–H and O–H groups in total. The molecule has 176 valence electrons.